The molecule has 0 spiro atoms. The maximum Gasteiger partial charge on any atom is 0.326 e. The van der Waals surface area contributed by atoms with Crippen molar-refractivity contribution in [1.82, 2.24) is 5.32 Å². The number of aromatic hydroxyl groups is 1. The number of rotatable bonds is 5. The standard InChI is InChI=1S/C12H16N2O4.3H2O/c1-7(13)11(16)14-10(12(17)18)6-8-2-4-9(15)5-3-8;;;/h2-5,7,10,15H,6,13H2,1H3,(H,14,16)(H,17,18);3*1H2/t7?,10-;;;/m0.../s1. The maximum atomic E-state index is 11.4. The topological polar surface area (TPSA) is 207 Å². The minimum absolute atomic E-state index is 0. The lowest BCUT2D eigenvalue weighted by Crippen LogP contribution is -2.48. The van der Waals surface area contributed by atoms with Crippen LogP contribution in [0.1, 0.15) is 12.5 Å². The molecule has 0 radical (unpaired) electrons. The summed E-state index contributed by atoms with van der Waals surface area (Å²) >= 11 is 0. The summed E-state index contributed by atoms with van der Waals surface area (Å²) in [5, 5.41) is 20.5. The molecule has 9 nitrogen and oxygen atoms in total. The SMILES string of the molecule is CC(N)C(=O)N[C@@H](Cc1ccc(O)cc1)C(=O)O.O.O.O. The van der Waals surface area contributed by atoms with E-state index in [1.165, 1.54) is 19.1 Å². The highest BCUT2D eigenvalue weighted by atomic mass is 16.4. The first-order valence-corrected chi connectivity index (χ1v) is 5.47. The molecule has 1 rings (SSSR count). The molecule has 9 heteroatoms. The van der Waals surface area contributed by atoms with Crippen molar-refractivity contribution < 1.29 is 36.2 Å². The fourth-order valence-corrected chi connectivity index (χ4v) is 1.37. The second-order valence-electron chi connectivity index (χ2n) is 4.06. The molecule has 122 valence electrons. The van der Waals surface area contributed by atoms with Crippen molar-refractivity contribution in [2.24, 2.45) is 5.73 Å². The second kappa shape index (κ2) is 10.6. The lowest BCUT2D eigenvalue weighted by Gasteiger charge is -2.16. The Morgan fingerprint density at radius 2 is 1.67 bits per heavy atom. The number of phenols is 1. The number of carboxylic acid groups (broad SMARTS) is 1. The van der Waals surface area contributed by atoms with E-state index in [0.717, 1.165) is 0 Å². The Labute approximate surface area is 121 Å². The third-order valence-corrected chi connectivity index (χ3v) is 2.40. The van der Waals surface area contributed by atoms with Gasteiger partial charge in [-0.3, -0.25) is 4.79 Å². The van der Waals surface area contributed by atoms with E-state index in [4.69, 9.17) is 15.9 Å². The number of hydrogen-bond donors (Lipinski definition) is 4. The normalized spacial score (nSPS) is 11.7. The summed E-state index contributed by atoms with van der Waals surface area (Å²) in [6.07, 6.45) is 0.133. The van der Waals surface area contributed by atoms with Crippen LogP contribution in [0.2, 0.25) is 0 Å². The smallest absolute Gasteiger partial charge is 0.326 e. The highest BCUT2D eigenvalue weighted by molar-refractivity contribution is 5.86. The summed E-state index contributed by atoms with van der Waals surface area (Å²) in [4.78, 5) is 22.4. The lowest BCUT2D eigenvalue weighted by molar-refractivity contribution is -0.141. The van der Waals surface area contributed by atoms with E-state index in [0.29, 0.717) is 5.56 Å². The number of benzene rings is 1. The van der Waals surface area contributed by atoms with Crippen molar-refractivity contribution in [3.63, 3.8) is 0 Å². The zero-order chi connectivity index (χ0) is 13.7. The summed E-state index contributed by atoms with van der Waals surface area (Å²) in [5.41, 5.74) is 6.06. The molecule has 11 N–H and O–H groups in total. The molecular weight excluding hydrogens is 284 g/mol. The minimum Gasteiger partial charge on any atom is -0.508 e. The van der Waals surface area contributed by atoms with Crippen LogP contribution < -0.4 is 11.1 Å². The number of phenolic OH excluding ortho intramolecular Hbond substituents is 1. The van der Waals surface area contributed by atoms with Gasteiger partial charge in [-0.1, -0.05) is 12.1 Å². The van der Waals surface area contributed by atoms with E-state index in [1.807, 2.05) is 0 Å². The van der Waals surface area contributed by atoms with Gasteiger partial charge in [0.15, 0.2) is 0 Å². The van der Waals surface area contributed by atoms with Gasteiger partial charge in [0.1, 0.15) is 11.8 Å². The first kappa shape index (κ1) is 23.9. The van der Waals surface area contributed by atoms with Gasteiger partial charge in [-0.15, -0.1) is 0 Å². The molecule has 0 aromatic heterocycles. The number of hydrogen-bond acceptors (Lipinski definition) is 4. The summed E-state index contributed by atoms with van der Waals surface area (Å²) < 4.78 is 0. The molecule has 0 fully saturated rings. The Hall–Kier alpha value is -2.20. The van der Waals surface area contributed by atoms with Crippen LogP contribution in [-0.4, -0.2) is 50.6 Å². The molecule has 21 heavy (non-hydrogen) atoms. The summed E-state index contributed by atoms with van der Waals surface area (Å²) in [5.74, 6) is -1.54. The van der Waals surface area contributed by atoms with Crippen LogP contribution in [0.15, 0.2) is 24.3 Å². The van der Waals surface area contributed by atoms with Crippen LogP contribution >= 0.6 is 0 Å². The molecule has 0 saturated carbocycles. The van der Waals surface area contributed by atoms with Crippen LogP contribution in [0.5, 0.6) is 5.75 Å². The van der Waals surface area contributed by atoms with E-state index < -0.39 is 24.0 Å². The van der Waals surface area contributed by atoms with Gasteiger partial charge in [0.05, 0.1) is 6.04 Å². The molecule has 1 amide bonds. The highest BCUT2D eigenvalue weighted by Crippen LogP contribution is 2.11. The molecular formula is C12H22N2O7. The number of amides is 1. The summed E-state index contributed by atoms with van der Waals surface area (Å²) in [6.45, 7) is 1.48. The Balaban J connectivity index is -0.00000108. The first-order valence-electron chi connectivity index (χ1n) is 5.47. The van der Waals surface area contributed by atoms with Crippen LogP contribution in [-0.2, 0) is 16.0 Å². The molecule has 2 atom stereocenters. The number of nitrogens with two attached hydrogens (primary N) is 1. The van der Waals surface area contributed by atoms with Gasteiger partial charge in [0, 0.05) is 6.42 Å². The Morgan fingerprint density at radius 1 is 1.19 bits per heavy atom. The number of carboxylic acids is 1. The minimum atomic E-state index is -1.13. The number of carbonyl (C=O) groups excluding carboxylic acids is 1. The Bertz CT molecular complexity index is 434. The van der Waals surface area contributed by atoms with E-state index >= 15 is 0 Å². The quantitative estimate of drug-likeness (QED) is 0.459. The Kier molecular flexibility index (Phi) is 12.0. The molecule has 0 bridgehead atoms. The predicted octanol–water partition coefficient (Wildman–Crippen LogP) is -2.62. The number of carbonyl (C=O) groups is 2. The number of aliphatic carboxylic acids is 1. The van der Waals surface area contributed by atoms with E-state index in [1.54, 1.807) is 12.1 Å². The third-order valence-electron chi connectivity index (χ3n) is 2.40. The van der Waals surface area contributed by atoms with Crippen molar-refractivity contribution in [2.45, 2.75) is 25.4 Å². The van der Waals surface area contributed by atoms with Crippen molar-refractivity contribution in [1.29, 1.82) is 0 Å². The van der Waals surface area contributed by atoms with Crippen molar-refractivity contribution in [3.05, 3.63) is 29.8 Å². The van der Waals surface area contributed by atoms with Crippen LogP contribution in [0.25, 0.3) is 0 Å². The molecule has 0 aliphatic heterocycles. The van der Waals surface area contributed by atoms with E-state index in [2.05, 4.69) is 5.32 Å². The van der Waals surface area contributed by atoms with Crippen LogP contribution in [0.3, 0.4) is 0 Å². The maximum absolute atomic E-state index is 11.4. The average molecular weight is 306 g/mol. The molecule has 1 unspecified atom stereocenters. The first-order chi connectivity index (χ1) is 8.40. The Morgan fingerprint density at radius 3 is 2.05 bits per heavy atom. The van der Waals surface area contributed by atoms with Crippen LogP contribution in [0, 0.1) is 0 Å². The molecule has 0 aliphatic rings. The van der Waals surface area contributed by atoms with Gasteiger partial charge in [-0.05, 0) is 24.6 Å². The fourth-order valence-electron chi connectivity index (χ4n) is 1.37. The van der Waals surface area contributed by atoms with Gasteiger partial charge in [-0.2, -0.15) is 0 Å². The summed E-state index contributed by atoms with van der Waals surface area (Å²) in [6, 6.07) is 4.33. The second-order valence-corrected chi connectivity index (χ2v) is 4.06. The predicted molar refractivity (Wildman–Crippen MR) is 75.9 cm³/mol. The zero-order valence-electron chi connectivity index (χ0n) is 11.5. The molecule has 0 aliphatic carbocycles. The molecule has 1 aromatic rings. The van der Waals surface area contributed by atoms with E-state index in [9.17, 15) is 9.59 Å². The van der Waals surface area contributed by atoms with Gasteiger partial charge in [0.25, 0.3) is 0 Å². The fraction of sp³-hybridized carbons (Fsp3) is 0.333. The zero-order valence-corrected chi connectivity index (χ0v) is 11.5. The van der Waals surface area contributed by atoms with Crippen molar-refractivity contribution >= 4 is 11.9 Å². The molecule has 0 heterocycles. The third kappa shape index (κ3) is 7.84. The lowest BCUT2D eigenvalue weighted by atomic mass is 10.1. The van der Waals surface area contributed by atoms with Crippen LogP contribution in [0.4, 0.5) is 0 Å². The highest BCUT2D eigenvalue weighted by Gasteiger charge is 2.21. The largest absolute Gasteiger partial charge is 0.508 e. The number of nitrogens with one attached hydrogen (secondary N) is 1. The van der Waals surface area contributed by atoms with Crippen molar-refractivity contribution in [2.75, 3.05) is 0 Å². The molecule has 0 saturated heterocycles. The van der Waals surface area contributed by atoms with Gasteiger partial charge in [0.2, 0.25) is 5.91 Å². The van der Waals surface area contributed by atoms with Gasteiger partial charge < -0.3 is 37.7 Å². The van der Waals surface area contributed by atoms with E-state index in [-0.39, 0.29) is 28.6 Å². The average Bonchev–Trinajstić information content (AvgIpc) is 2.30. The van der Waals surface area contributed by atoms with Crippen molar-refractivity contribution in [3.8, 4) is 5.75 Å². The summed E-state index contributed by atoms with van der Waals surface area (Å²) in [7, 11) is 0. The van der Waals surface area contributed by atoms with Gasteiger partial charge >= 0.3 is 5.97 Å². The molecule has 1 aromatic carbocycles. The van der Waals surface area contributed by atoms with Gasteiger partial charge in [-0.25, -0.2) is 4.79 Å². The monoisotopic (exact) mass is 306 g/mol.